The van der Waals surface area contributed by atoms with Gasteiger partial charge in [0.15, 0.2) is 0 Å². The third kappa shape index (κ3) is 7.12. The Labute approximate surface area is 121 Å². The Morgan fingerprint density at radius 3 is 2.45 bits per heavy atom. The van der Waals surface area contributed by atoms with E-state index in [4.69, 9.17) is 4.74 Å². The lowest BCUT2D eigenvalue weighted by molar-refractivity contribution is 0.0635. The summed E-state index contributed by atoms with van der Waals surface area (Å²) < 4.78 is 5.20. The van der Waals surface area contributed by atoms with Crippen molar-refractivity contribution in [1.29, 1.82) is 0 Å². The molecule has 1 rings (SSSR count). The lowest BCUT2D eigenvalue weighted by Gasteiger charge is -2.20. The molecule has 0 unspecified atom stereocenters. The second kappa shape index (κ2) is 6.25. The van der Waals surface area contributed by atoms with Crippen molar-refractivity contribution in [2.75, 3.05) is 5.32 Å². The van der Waals surface area contributed by atoms with Crippen molar-refractivity contribution in [3.8, 4) is 0 Å². The number of ether oxygens (including phenoxy) is 1. The van der Waals surface area contributed by atoms with Gasteiger partial charge in [0.1, 0.15) is 11.4 Å². The highest BCUT2D eigenvalue weighted by Gasteiger charge is 2.17. The summed E-state index contributed by atoms with van der Waals surface area (Å²) in [5, 5.41) is 2.65. The van der Waals surface area contributed by atoms with Gasteiger partial charge >= 0.3 is 6.09 Å². The van der Waals surface area contributed by atoms with E-state index in [0.717, 1.165) is 12.1 Å². The maximum atomic E-state index is 11.7. The van der Waals surface area contributed by atoms with Crippen LogP contribution in [0.25, 0.3) is 0 Å². The van der Waals surface area contributed by atoms with Crippen molar-refractivity contribution in [3.63, 3.8) is 0 Å². The molecule has 4 nitrogen and oxygen atoms in total. The summed E-state index contributed by atoms with van der Waals surface area (Å²) in [5.74, 6) is 0.513. The van der Waals surface area contributed by atoms with Gasteiger partial charge in [-0.1, -0.05) is 26.8 Å². The van der Waals surface area contributed by atoms with E-state index in [0.29, 0.717) is 5.82 Å². The summed E-state index contributed by atoms with van der Waals surface area (Å²) in [7, 11) is 0. The molecule has 0 bridgehead atoms. The highest BCUT2D eigenvalue weighted by atomic mass is 16.6. The molecular formula is C16H25N2O2. The summed E-state index contributed by atoms with van der Waals surface area (Å²) >= 11 is 0. The first-order valence-electron chi connectivity index (χ1n) is 6.85. The maximum absolute atomic E-state index is 11.7. The number of rotatable bonds is 3. The fourth-order valence-corrected chi connectivity index (χ4v) is 1.48. The van der Waals surface area contributed by atoms with Crippen molar-refractivity contribution in [1.82, 2.24) is 4.98 Å². The van der Waals surface area contributed by atoms with E-state index in [2.05, 4.69) is 37.5 Å². The third-order valence-electron chi connectivity index (χ3n) is 2.36. The highest BCUT2D eigenvalue weighted by molar-refractivity contribution is 5.83. The molecule has 0 aliphatic heterocycles. The van der Waals surface area contributed by atoms with Crippen LogP contribution in [0.3, 0.4) is 0 Å². The Balaban J connectivity index is 2.62. The Morgan fingerprint density at radius 2 is 1.90 bits per heavy atom. The molecule has 1 aromatic heterocycles. The molecule has 0 atom stereocenters. The predicted octanol–water partition coefficient (Wildman–Crippen LogP) is 4.22. The van der Waals surface area contributed by atoms with Crippen molar-refractivity contribution in [2.24, 2.45) is 5.41 Å². The van der Waals surface area contributed by atoms with E-state index in [1.54, 1.807) is 6.07 Å². The van der Waals surface area contributed by atoms with Crippen LogP contribution < -0.4 is 5.32 Å². The highest BCUT2D eigenvalue weighted by Crippen LogP contribution is 2.20. The Bertz CT molecular complexity index is 456. The van der Waals surface area contributed by atoms with Gasteiger partial charge in [-0.25, -0.2) is 9.78 Å². The molecule has 0 aliphatic carbocycles. The largest absolute Gasteiger partial charge is 0.444 e. The number of hydrogen-bond donors (Lipinski definition) is 1. The van der Waals surface area contributed by atoms with Crippen LogP contribution in [0.5, 0.6) is 0 Å². The molecule has 4 heteroatoms. The number of pyridine rings is 1. The van der Waals surface area contributed by atoms with Crippen molar-refractivity contribution in [2.45, 2.75) is 53.6 Å². The SMILES string of the molecule is CC(C)(C)[CH]Cc1cccc(NC(=O)OC(C)(C)C)n1. The minimum atomic E-state index is -0.512. The molecule has 111 valence electrons. The van der Waals surface area contributed by atoms with Gasteiger partial charge in [0.25, 0.3) is 0 Å². The van der Waals surface area contributed by atoms with Crippen molar-refractivity contribution < 1.29 is 9.53 Å². The number of hydrogen-bond acceptors (Lipinski definition) is 3. The first kappa shape index (κ1) is 16.5. The Morgan fingerprint density at radius 1 is 1.25 bits per heavy atom. The smallest absolute Gasteiger partial charge is 0.413 e. The molecule has 1 amide bonds. The zero-order valence-corrected chi connectivity index (χ0v) is 13.3. The quantitative estimate of drug-likeness (QED) is 0.899. The van der Waals surface area contributed by atoms with E-state index in [-0.39, 0.29) is 5.41 Å². The van der Waals surface area contributed by atoms with Gasteiger partial charge in [-0.2, -0.15) is 0 Å². The first-order chi connectivity index (χ1) is 9.05. The molecule has 1 heterocycles. The average molecular weight is 277 g/mol. The predicted molar refractivity (Wildman–Crippen MR) is 81.6 cm³/mol. The van der Waals surface area contributed by atoms with Crippen molar-refractivity contribution >= 4 is 11.9 Å². The molecule has 0 saturated carbocycles. The first-order valence-corrected chi connectivity index (χ1v) is 6.85. The second-order valence-electron chi connectivity index (χ2n) is 6.92. The molecule has 0 fully saturated rings. The maximum Gasteiger partial charge on any atom is 0.413 e. The van der Waals surface area contributed by atoms with Crippen LogP contribution in [0.1, 0.15) is 47.2 Å². The lowest BCUT2D eigenvalue weighted by atomic mass is 9.90. The second-order valence-corrected chi connectivity index (χ2v) is 6.92. The van der Waals surface area contributed by atoms with Crippen LogP contribution in [0.2, 0.25) is 0 Å². The number of carbonyl (C=O) groups excluding carboxylic acids is 1. The summed E-state index contributed by atoms with van der Waals surface area (Å²) in [4.78, 5) is 16.1. The van der Waals surface area contributed by atoms with Gasteiger partial charge in [0.2, 0.25) is 0 Å². The van der Waals surface area contributed by atoms with Gasteiger partial charge in [-0.05, 0) is 51.2 Å². The summed E-state index contributed by atoms with van der Waals surface area (Å²) in [6.45, 7) is 11.9. The average Bonchev–Trinajstić information content (AvgIpc) is 2.23. The molecule has 1 aromatic rings. The fourth-order valence-electron chi connectivity index (χ4n) is 1.48. The van der Waals surface area contributed by atoms with Crippen LogP contribution in [0, 0.1) is 11.8 Å². The number of anilines is 1. The van der Waals surface area contributed by atoms with E-state index in [1.807, 2.05) is 32.9 Å². The number of nitrogens with zero attached hydrogens (tertiary/aromatic N) is 1. The lowest BCUT2D eigenvalue weighted by Crippen LogP contribution is -2.27. The standard InChI is InChI=1S/C16H25N2O2/c1-15(2,3)11-10-12-8-7-9-13(17-12)18-14(19)20-16(4,5)6/h7-9,11H,10H2,1-6H3,(H,17,18,19). The van der Waals surface area contributed by atoms with Gasteiger partial charge in [0, 0.05) is 5.69 Å². The Kier molecular flexibility index (Phi) is 5.15. The summed E-state index contributed by atoms with van der Waals surface area (Å²) in [5.41, 5.74) is 0.561. The number of carbonyl (C=O) groups is 1. The van der Waals surface area contributed by atoms with E-state index in [1.165, 1.54) is 0 Å². The molecule has 0 saturated heterocycles. The van der Waals surface area contributed by atoms with Crippen LogP contribution in [0.15, 0.2) is 18.2 Å². The minimum absolute atomic E-state index is 0.149. The third-order valence-corrected chi connectivity index (χ3v) is 2.36. The van der Waals surface area contributed by atoms with Crippen LogP contribution >= 0.6 is 0 Å². The van der Waals surface area contributed by atoms with E-state index >= 15 is 0 Å². The number of nitrogens with one attached hydrogen (secondary N) is 1. The van der Waals surface area contributed by atoms with Crippen LogP contribution in [0.4, 0.5) is 10.6 Å². The zero-order chi connectivity index (χ0) is 15.4. The molecule has 1 N–H and O–H groups in total. The monoisotopic (exact) mass is 277 g/mol. The Hall–Kier alpha value is -1.58. The van der Waals surface area contributed by atoms with Gasteiger partial charge in [0.05, 0.1) is 0 Å². The summed E-state index contributed by atoms with van der Waals surface area (Å²) in [6.07, 6.45) is 2.49. The molecule has 20 heavy (non-hydrogen) atoms. The molecule has 0 aliphatic rings. The van der Waals surface area contributed by atoms with Gasteiger partial charge in [-0.15, -0.1) is 0 Å². The topological polar surface area (TPSA) is 51.2 Å². The molecular weight excluding hydrogens is 252 g/mol. The fraction of sp³-hybridized carbons (Fsp3) is 0.562. The van der Waals surface area contributed by atoms with Gasteiger partial charge < -0.3 is 4.74 Å². The van der Waals surface area contributed by atoms with E-state index < -0.39 is 11.7 Å². The minimum Gasteiger partial charge on any atom is -0.444 e. The van der Waals surface area contributed by atoms with Gasteiger partial charge in [-0.3, -0.25) is 5.32 Å². The molecule has 0 spiro atoms. The number of amides is 1. The van der Waals surface area contributed by atoms with E-state index in [9.17, 15) is 4.79 Å². The summed E-state index contributed by atoms with van der Waals surface area (Å²) in [6, 6.07) is 5.58. The molecule has 1 radical (unpaired) electrons. The van der Waals surface area contributed by atoms with Crippen LogP contribution in [-0.2, 0) is 11.2 Å². The normalized spacial score (nSPS) is 12.1. The van der Waals surface area contributed by atoms with Crippen LogP contribution in [-0.4, -0.2) is 16.7 Å². The number of aromatic nitrogens is 1. The molecule has 0 aromatic carbocycles. The van der Waals surface area contributed by atoms with Crippen molar-refractivity contribution in [3.05, 3.63) is 30.3 Å². The zero-order valence-electron chi connectivity index (χ0n) is 13.3.